The molecule has 4 rings (SSSR count). The summed E-state index contributed by atoms with van der Waals surface area (Å²) in [5.41, 5.74) is 3.22. The first-order valence-electron chi connectivity index (χ1n) is 9.69. The minimum Gasteiger partial charge on any atom is -0.325 e. The average Bonchev–Trinajstić information content (AvgIpc) is 2.76. The number of carbonyl (C=O) groups is 2. The van der Waals surface area contributed by atoms with E-state index < -0.39 is 6.04 Å². The zero-order valence-electron chi connectivity index (χ0n) is 16.4. The van der Waals surface area contributed by atoms with Gasteiger partial charge in [0, 0.05) is 23.7 Å². The summed E-state index contributed by atoms with van der Waals surface area (Å²) in [7, 11) is 0. The predicted octanol–water partition coefficient (Wildman–Crippen LogP) is 5.54. The molecule has 3 aromatic rings. The van der Waals surface area contributed by atoms with Crippen molar-refractivity contribution in [3.05, 3.63) is 88.4 Å². The molecule has 6 heteroatoms. The molecule has 0 aliphatic carbocycles. The fourth-order valence-electron chi connectivity index (χ4n) is 3.78. The first-order valence-corrected chi connectivity index (χ1v) is 10.4. The summed E-state index contributed by atoms with van der Waals surface area (Å²) in [5, 5.41) is 0.743. The van der Waals surface area contributed by atoms with E-state index in [1.807, 2.05) is 54.6 Å². The van der Waals surface area contributed by atoms with Gasteiger partial charge in [0.15, 0.2) is 0 Å². The standard InChI is InChI=1S/C24H20Cl2N2O2/c1-16-23(29)28(22-10-6-5-9-19(22)17-7-3-2-4-8-17)14-13-27(16)24(30)20-12-11-18(25)15-21(20)26/h2-12,15-16H,13-14H2,1H3/t16-/m1/s1. The first-order chi connectivity index (χ1) is 14.5. The fraction of sp³-hybridized carbons (Fsp3) is 0.167. The number of amides is 2. The topological polar surface area (TPSA) is 40.6 Å². The molecule has 4 nitrogen and oxygen atoms in total. The van der Waals surface area contributed by atoms with Gasteiger partial charge in [0.25, 0.3) is 5.91 Å². The van der Waals surface area contributed by atoms with E-state index in [9.17, 15) is 9.59 Å². The van der Waals surface area contributed by atoms with Crippen LogP contribution in [0.1, 0.15) is 17.3 Å². The number of hydrogen-bond donors (Lipinski definition) is 0. The summed E-state index contributed by atoms with van der Waals surface area (Å²) in [5.74, 6) is -0.392. The summed E-state index contributed by atoms with van der Waals surface area (Å²) < 4.78 is 0. The van der Waals surface area contributed by atoms with Gasteiger partial charge in [-0.15, -0.1) is 0 Å². The van der Waals surface area contributed by atoms with Gasteiger partial charge in [-0.3, -0.25) is 9.59 Å². The largest absolute Gasteiger partial charge is 0.325 e. The molecule has 0 N–H and O–H groups in total. The Morgan fingerprint density at radius 1 is 0.933 bits per heavy atom. The number of benzene rings is 3. The Morgan fingerprint density at radius 3 is 2.37 bits per heavy atom. The smallest absolute Gasteiger partial charge is 0.256 e. The molecule has 1 aliphatic heterocycles. The highest BCUT2D eigenvalue weighted by Gasteiger charge is 2.36. The van der Waals surface area contributed by atoms with Gasteiger partial charge in [-0.25, -0.2) is 0 Å². The number of para-hydroxylation sites is 1. The molecule has 1 heterocycles. The maximum Gasteiger partial charge on any atom is 0.256 e. The van der Waals surface area contributed by atoms with Crippen molar-refractivity contribution in [2.75, 3.05) is 18.0 Å². The molecule has 0 spiro atoms. The van der Waals surface area contributed by atoms with E-state index in [-0.39, 0.29) is 16.8 Å². The minimum absolute atomic E-state index is 0.122. The van der Waals surface area contributed by atoms with Crippen LogP contribution in [0.2, 0.25) is 10.0 Å². The van der Waals surface area contributed by atoms with E-state index in [0.717, 1.165) is 16.8 Å². The number of nitrogens with zero attached hydrogens (tertiary/aromatic N) is 2. The Kier molecular flexibility index (Phi) is 5.80. The third-order valence-electron chi connectivity index (χ3n) is 5.36. The van der Waals surface area contributed by atoms with Crippen molar-refractivity contribution in [3.63, 3.8) is 0 Å². The van der Waals surface area contributed by atoms with Gasteiger partial charge in [-0.05, 0) is 36.8 Å². The van der Waals surface area contributed by atoms with Crippen molar-refractivity contribution >= 4 is 40.7 Å². The third kappa shape index (κ3) is 3.81. The van der Waals surface area contributed by atoms with Gasteiger partial charge in [-0.1, -0.05) is 71.7 Å². The summed E-state index contributed by atoms with van der Waals surface area (Å²) in [6.07, 6.45) is 0. The molecule has 0 aromatic heterocycles. The Morgan fingerprint density at radius 2 is 1.63 bits per heavy atom. The number of piperazine rings is 1. The summed E-state index contributed by atoms with van der Waals surface area (Å²) in [6.45, 7) is 2.57. The summed E-state index contributed by atoms with van der Waals surface area (Å²) in [6, 6.07) is 21.9. The van der Waals surface area contributed by atoms with E-state index in [0.29, 0.717) is 23.7 Å². The number of rotatable bonds is 3. The number of hydrogen-bond acceptors (Lipinski definition) is 2. The second-order valence-corrected chi connectivity index (χ2v) is 8.02. The van der Waals surface area contributed by atoms with E-state index in [2.05, 4.69) is 0 Å². The number of carbonyl (C=O) groups excluding carboxylic acids is 2. The zero-order chi connectivity index (χ0) is 21.3. The van der Waals surface area contributed by atoms with Crippen molar-refractivity contribution in [1.82, 2.24) is 4.90 Å². The molecule has 0 saturated carbocycles. The predicted molar refractivity (Wildman–Crippen MR) is 121 cm³/mol. The normalized spacial score (nSPS) is 16.6. The number of anilines is 1. The van der Waals surface area contributed by atoms with Crippen molar-refractivity contribution in [2.24, 2.45) is 0 Å². The van der Waals surface area contributed by atoms with E-state index in [1.54, 1.807) is 28.9 Å². The van der Waals surface area contributed by atoms with Crippen LogP contribution in [0.3, 0.4) is 0 Å². The molecular weight excluding hydrogens is 419 g/mol. The first kappa shape index (κ1) is 20.5. The Balaban J connectivity index is 1.62. The zero-order valence-corrected chi connectivity index (χ0v) is 17.9. The molecule has 0 radical (unpaired) electrons. The van der Waals surface area contributed by atoms with Crippen LogP contribution in [0.25, 0.3) is 11.1 Å². The van der Waals surface area contributed by atoms with Crippen LogP contribution in [0.5, 0.6) is 0 Å². The van der Waals surface area contributed by atoms with Crippen LogP contribution in [-0.2, 0) is 4.79 Å². The lowest BCUT2D eigenvalue weighted by atomic mass is 10.0. The molecule has 0 unspecified atom stereocenters. The van der Waals surface area contributed by atoms with Crippen LogP contribution in [0, 0.1) is 0 Å². The monoisotopic (exact) mass is 438 g/mol. The molecule has 1 atom stereocenters. The van der Waals surface area contributed by atoms with Crippen LogP contribution < -0.4 is 4.90 Å². The summed E-state index contributed by atoms with van der Waals surface area (Å²) in [4.78, 5) is 29.7. The highest BCUT2D eigenvalue weighted by molar-refractivity contribution is 6.36. The van der Waals surface area contributed by atoms with Crippen molar-refractivity contribution in [2.45, 2.75) is 13.0 Å². The maximum atomic E-state index is 13.3. The molecule has 1 fully saturated rings. The van der Waals surface area contributed by atoms with Gasteiger partial charge >= 0.3 is 0 Å². The Hall–Kier alpha value is -2.82. The molecule has 3 aromatic carbocycles. The lowest BCUT2D eigenvalue weighted by Gasteiger charge is -2.40. The van der Waals surface area contributed by atoms with Gasteiger partial charge in [0.2, 0.25) is 5.91 Å². The van der Waals surface area contributed by atoms with Crippen LogP contribution >= 0.6 is 23.2 Å². The van der Waals surface area contributed by atoms with Crippen molar-refractivity contribution in [3.8, 4) is 11.1 Å². The van der Waals surface area contributed by atoms with E-state index >= 15 is 0 Å². The van der Waals surface area contributed by atoms with Crippen LogP contribution in [-0.4, -0.2) is 35.8 Å². The van der Waals surface area contributed by atoms with Gasteiger partial charge in [-0.2, -0.15) is 0 Å². The van der Waals surface area contributed by atoms with Gasteiger partial charge in [0.05, 0.1) is 16.3 Å². The molecule has 30 heavy (non-hydrogen) atoms. The van der Waals surface area contributed by atoms with E-state index in [1.165, 1.54) is 6.07 Å². The summed E-state index contributed by atoms with van der Waals surface area (Å²) >= 11 is 12.2. The van der Waals surface area contributed by atoms with Crippen molar-refractivity contribution in [1.29, 1.82) is 0 Å². The lowest BCUT2D eigenvalue weighted by Crippen LogP contribution is -2.57. The minimum atomic E-state index is -0.609. The SMILES string of the molecule is C[C@@H]1C(=O)N(c2ccccc2-c2ccccc2)CCN1C(=O)c1ccc(Cl)cc1Cl. The molecule has 1 aliphatic rings. The third-order valence-corrected chi connectivity index (χ3v) is 5.91. The molecule has 0 bridgehead atoms. The average molecular weight is 439 g/mol. The van der Waals surface area contributed by atoms with Gasteiger partial charge < -0.3 is 9.80 Å². The van der Waals surface area contributed by atoms with Crippen LogP contribution in [0.15, 0.2) is 72.8 Å². The number of halogens is 2. The van der Waals surface area contributed by atoms with Gasteiger partial charge in [0.1, 0.15) is 6.04 Å². The second kappa shape index (κ2) is 8.50. The highest BCUT2D eigenvalue weighted by atomic mass is 35.5. The maximum absolute atomic E-state index is 13.3. The Bertz CT molecular complexity index is 1100. The highest BCUT2D eigenvalue weighted by Crippen LogP contribution is 2.33. The molecule has 2 amide bonds. The molecular formula is C24H20Cl2N2O2. The van der Waals surface area contributed by atoms with Crippen molar-refractivity contribution < 1.29 is 9.59 Å². The van der Waals surface area contributed by atoms with E-state index in [4.69, 9.17) is 23.2 Å². The fourth-order valence-corrected chi connectivity index (χ4v) is 4.26. The molecule has 1 saturated heterocycles. The molecule has 152 valence electrons. The van der Waals surface area contributed by atoms with Crippen LogP contribution in [0.4, 0.5) is 5.69 Å². The quantitative estimate of drug-likeness (QED) is 0.538. The second-order valence-electron chi connectivity index (χ2n) is 7.17. The Labute approximate surface area is 185 Å². The lowest BCUT2D eigenvalue weighted by molar-refractivity contribution is -0.124.